The Bertz CT molecular complexity index is 219. The number of amides is 1. The molecule has 80 valence electrons. The average Bonchev–Trinajstić information content (AvgIpc) is 2.19. The molecule has 4 nitrogen and oxygen atoms in total. The van der Waals surface area contributed by atoms with Crippen LogP contribution in [0.15, 0.2) is 0 Å². The molecule has 1 rings (SSSR count). The van der Waals surface area contributed by atoms with Crippen molar-refractivity contribution in [2.45, 2.75) is 20.3 Å². The summed E-state index contributed by atoms with van der Waals surface area (Å²) in [6.07, 6.45) is 0.0394. The molecule has 0 radical (unpaired) electrons. The molecule has 0 aromatic heterocycles. The van der Waals surface area contributed by atoms with Gasteiger partial charge in [0.1, 0.15) is 5.78 Å². The van der Waals surface area contributed by atoms with Gasteiger partial charge in [0.25, 0.3) is 0 Å². The molecule has 1 amide bonds. The van der Waals surface area contributed by atoms with Crippen LogP contribution >= 0.6 is 0 Å². The molecule has 0 aromatic carbocycles. The second kappa shape index (κ2) is 5.10. The Hall–Kier alpha value is -0.900. The lowest BCUT2D eigenvalue weighted by atomic mass is 10.1. The highest BCUT2D eigenvalue weighted by molar-refractivity contribution is 5.98. The van der Waals surface area contributed by atoms with Gasteiger partial charge >= 0.3 is 0 Å². The predicted octanol–water partition coefficient (Wildman–Crippen LogP) is 0.460. The Morgan fingerprint density at radius 1 is 1.29 bits per heavy atom. The fourth-order valence-corrected chi connectivity index (χ4v) is 1.28. The van der Waals surface area contributed by atoms with Crippen molar-refractivity contribution >= 4 is 11.7 Å². The van der Waals surface area contributed by atoms with E-state index in [4.69, 9.17) is 4.74 Å². The van der Waals surface area contributed by atoms with E-state index in [9.17, 15) is 9.59 Å². The molecule has 1 aliphatic heterocycles. The minimum absolute atomic E-state index is 0.0153. The summed E-state index contributed by atoms with van der Waals surface area (Å²) in [7, 11) is 0. The maximum absolute atomic E-state index is 11.6. The van der Waals surface area contributed by atoms with Crippen LogP contribution in [0.2, 0.25) is 0 Å². The smallest absolute Gasteiger partial charge is 0.230 e. The fraction of sp³-hybridized carbons (Fsp3) is 0.800. The minimum Gasteiger partial charge on any atom is -0.378 e. The highest BCUT2D eigenvalue weighted by Crippen LogP contribution is 2.04. The first-order valence-corrected chi connectivity index (χ1v) is 4.99. The van der Waals surface area contributed by atoms with Crippen LogP contribution in [0, 0.1) is 5.92 Å². The topological polar surface area (TPSA) is 46.6 Å². The maximum atomic E-state index is 11.6. The number of nitrogens with zero attached hydrogens (tertiary/aromatic N) is 1. The number of hydrogen-bond acceptors (Lipinski definition) is 3. The zero-order valence-corrected chi connectivity index (χ0v) is 8.78. The lowest BCUT2D eigenvalue weighted by Gasteiger charge is -2.26. The molecule has 1 saturated heterocycles. The summed E-state index contributed by atoms with van der Waals surface area (Å²) >= 11 is 0. The number of ketones is 1. The zero-order chi connectivity index (χ0) is 10.6. The minimum atomic E-state index is -0.0630. The molecule has 0 aromatic rings. The van der Waals surface area contributed by atoms with Gasteiger partial charge in [0, 0.05) is 19.0 Å². The van der Waals surface area contributed by atoms with Crippen molar-refractivity contribution in [3.8, 4) is 0 Å². The first kappa shape index (κ1) is 11.2. The Morgan fingerprint density at radius 3 is 2.36 bits per heavy atom. The SMILES string of the molecule is CC(C)C(=O)CC(=O)N1CCOCC1. The van der Waals surface area contributed by atoms with Gasteiger partial charge in [-0.1, -0.05) is 13.8 Å². The average molecular weight is 199 g/mol. The van der Waals surface area contributed by atoms with Crippen LogP contribution in [0.3, 0.4) is 0 Å². The van der Waals surface area contributed by atoms with Crippen LogP contribution in [0.5, 0.6) is 0 Å². The van der Waals surface area contributed by atoms with Crippen molar-refractivity contribution in [1.82, 2.24) is 4.90 Å². The van der Waals surface area contributed by atoms with Gasteiger partial charge in [-0.3, -0.25) is 9.59 Å². The van der Waals surface area contributed by atoms with Gasteiger partial charge in [-0.2, -0.15) is 0 Å². The highest BCUT2D eigenvalue weighted by atomic mass is 16.5. The molecule has 1 heterocycles. The molecule has 14 heavy (non-hydrogen) atoms. The number of carbonyl (C=O) groups is 2. The van der Waals surface area contributed by atoms with Gasteiger partial charge in [0.15, 0.2) is 0 Å². The Labute approximate surface area is 84.2 Å². The number of ether oxygens (including phenoxy) is 1. The standard InChI is InChI=1S/C10H17NO3/c1-8(2)9(12)7-10(13)11-3-5-14-6-4-11/h8H,3-7H2,1-2H3. The third-order valence-electron chi connectivity index (χ3n) is 2.33. The normalized spacial score (nSPS) is 17.2. The number of hydrogen-bond donors (Lipinski definition) is 0. The number of morpholine rings is 1. The van der Waals surface area contributed by atoms with Crippen molar-refractivity contribution in [3.05, 3.63) is 0 Å². The van der Waals surface area contributed by atoms with Crippen molar-refractivity contribution in [2.75, 3.05) is 26.3 Å². The van der Waals surface area contributed by atoms with Gasteiger partial charge in [-0.25, -0.2) is 0 Å². The first-order chi connectivity index (χ1) is 6.61. The maximum Gasteiger partial charge on any atom is 0.230 e. The summed E-state index contributed by atoms with van der Waals surface area (Å²) in [6, 6.07) is 0. The molecule has 0 N–H and O–H groups in total. The van der Waals surface area contributed by atoms with Crippen molar-refractivity contribution in [1.29, 1.82) is 0 Å². The fourth-order valence-electron chi connectivity index (χ4n) is 1.28. The van der Waals surface area contributed by atoms with Crippen molar-refractivity contribution in [2.24, 2.45) is 5.92 Å². The Kier molecular flexibility index (Phi) is 4.07. The van der Waals surface area contributed by atoms with Crippen LogP contribution in [0.1, 0.15) is 20.3 Å². The monoisotopic (exact) mass is 199 g/mol. The summed E-state index contributed by atoms with van der Waals surface area (Å²) in [5, 5.41) is 0. The molecule has 1 fully saturated rings. The predicted molar refractivity (Wildman–Crippen MR) is 51.9 cm³/mol. The van der Waals surface area contributed by atoms with E-state index in [0.29, 0.717) is 26.3 Å². The van der Waals surface area contributed by atoms with Gasteiger partial charge < -0.3 is 9.64 Å². The third kappa shape index (κ3) is 3.10. The Morgan fingerprint density at radius 2 is 1.86 bits per heavy atom. The second-order valence-corrected chi connectivity index (χ2v) is 3.79. The van der Waals surface area contributed by atoms with Gasteiger partial charge in [0.2, 0.25) is 5.91 Å². The van der Waals surface area contributed by atoms with E-state index in [1.807, 2.05) is 13.8 Å². The van der Waals surface area contributed by atoms with Crippen LogP contribution in [0.4, 0.5) is 0 Å². The van der Waals surface area contributed by atoms with Gasteiger partial charge in [-0.15, -0.1) is 0 Å². The quantitative estimate of drug-likeness (QED) is 0.620. The van der Waals surface area contributed by atoms with E-state index in [2.05, 4.69) is 0 Å². The summed E-state index contributed by atoms with van der Waals surface area (Å²) in [5.41, 5.74) is 0. The third-order valence-corrected chi connectivity index (χ3v) is 2.33. The summed E-state index contributed by atoms with van der Waals surface area (Å²) in [6.45, 7) is 6.03. The van der Waals surface area contributed by atoms with Crippen LogP contribution < -0.4 is 0 Å². The summed E-state index contributed by atoms with van der Waals surface area (Å²) < 4.78 is 5.12. The lowest BCUT2D eigenvalue weighted by molar-refractivity contribution is -0.139. The largest absolute Gasteiger partial charge is 0.378 e. The lowest BCUT2D eigenvalue weighted by Crippen LogP contribution is -2.41. The van der Waals surface area contributed by atoms with E-state index in [1.54, 1.807) is 4.90 Å². The first-order valence-electron chi connectivity index (χ1n) is 4.99. The van der Waals surface area contributed by atoms with Gasteiger partial charge in [0.05, 0.1) is 19.6 Å². The molecule has 4 heteroatoms. The summed E-state index contributed by atoms with van der Waals surface area (Å²) in [4.78, 5) is 24.6. The molecule has 1 aliphatic rings. The van der Waals surface area contributed by atoms with E-state index in [0.717, 1.165) is 0 Å². The number of rotatable bonds is 3. The molecular formula is C10H17NO3. The molecule has 0 bridgehead atoms. The molecule has 0 atom stereocenters. The van der Waals surface area contributed by atoms with Crippen LogP contribution in [-0.4, -0.2) is 42.9 Å². The van der Waals surface area contributed by atoms with Gasteiger partial charge in [-0.05, 0) is 0 Å². The second-order valence-electron chi connectivity index (χ2n) is 3.79. The molecule has 0 unspecified atom stereocenters. The highest BCUT2D eigenvalue weighted by Gasteiger charge is 2.20. The zero-order valence-electron chi connectivity index (χ0n) is 8.78. The molecular weight excluding hydrogens is 182 g/mol. The molecule has 0 saturated carbocycles. The van der Waals surface area contributed by atoms with E-state index < -0.39 is 0 Å². The summed E-state index contributed by atoms with van der Waals surface area (Å²) in [5.74, 6) is -0.103. The molecule has 0 aliphatic carbocycles. The Balaban J connectivity index is 2.37. The van der Waals surface area contributed by atoms with E-state index >= 15 is 0 Å². The van der Waals surface area contributed by atoms with E-state index in [-0.39, 0.29) is 24.0 Å². The number of carbonyl (C=O) groups excluding carboxylic acids is 2. The van der Waals surface area contributed by atoms with Crippen LogP contribution in [-0.2, 0) is 14.3 Å². The van der Waals surface area contributed by atoms with Crippen LogP contribution in [0.25, 0.3) is 0 Å². The van der Waals surface area contributed by atoms with Crippen molar-refractivity contribution in [3.63, 3.8) is 0 Å². The van der Waals surface area contributed by atoms with E-state index in [1.165, 1.54) is 0 Å². The van der Waals surface area contributed by atoms with Crippen molar-refractivity contribution < 1.29 is 14.3 Å². The number of Topliss-reactive ketones (excluding diaryl/α,β-unsaturated/α-hetero) is 1. The molecule has 0 spiro atoms.